The second-order valence-corrected chi connectivity index (χ2v) is 4.81. The lowest BCUT2D eigenvalue weighted by Gasteiger charge is -2.20. The number of carbonyl (C=O) groups excluding carboxylic acids is 2. The number of rotatable bonds is 6. The van der Waals surface area contributed by atoms with Gasteiger partial charge in [0.15, 0.2) is 0 Å². The van der Waals surface area contributed by atoms with Gasteiger partial charge in [-0.3, -0.25) is 14.5 Å². The normalized spacial score (nSPS) is 10.5. The molecule has 2 aromatic rings. The Morgan fingerprint density at radius 3 is 2.22 bits per heavy atom. The molecule has 2 aromatic carbocycles. The smallest absolute Gasteiger partial charge is 0.326 e. The van der Waals surface area contributed by atoms with Crippen LogP contribution in [0.3, 0.4) is 0 Å². The first kappa shape index (κ1) is 16.5. The van der Waals surface area contributed by atoms with Gasteiger partial charge in [-0.1, -0.05) is 48.5 Å². The van der Waals surface area contributed by atoms with E-state index in [4.69, 9.17) is 4.74 Å². The summed E-state index contributed by atoms with van der Waals surface area (Å²) in [4.78, 5) is 25.7. The van der Waals surface area contributed by atoms with Crippen molar-refractivity contribution in [3.05, 3.63) is 72.3 Å². The average Bonchev–Trinajstić information content (AvgIpc) is 2.59. The van der Waals surface area contributed by atoms with Crippen LogP contribution in [0.2, 0.25) is 0 Å². The number of para-hydroxylation sites is 1. The molecule has 0 saturated carbocycles. The molecule has 0 bridgehead atoms. The summed E-state index contributed by atoms with van der Waals surface area (Å²) >= 11 is 0. The summed E-state index contributed by atoms with van der Waals surface area (Å²) in [5.74, 6) is -0.703. The van der Waals surface area contributed by atoms with E-state index in [0.29, 0.717) is 5.69 Å². The largest absolute Gasteiger partial charge is 0.465 e. The zero-order valence-electron chi connectivity index (χ0n) is 13.0. The van der Waals surface area contributed by atoms with Gasteiger partial charge in [0.2, 0.25) is 0 Å². The van der Waals surface area contributed by atoms with Crippen molar-refractivity contribution in [1.29, 1.82) is 0 Å². The van der Waals surface area contributed by atoms with Crippen molar-refractivity contribution >= 4 is 23.6 Å². The first-order valence-electron chi connectivity index (χ1n) is 7.46. The van der Waals surface area contributed by atoms with Gasteiger partial charge in [-0.15, -0.1) is 0 Å². The third kappa shape index (κ3) is 5.11. The predicted molar refractivity (Wildman–Crippen MR) is 90.9 cm³/mol. The Morgan fingerprint density at radius 2 is 1.61 bits per heavy atom. The third-order valence-electron chi connectivity index (χ3n) is 3.14. The van der Waals surface area contributed by atoms with Crippen LogP contribution in [0, 0.1) is 0 Å². The number of hydrogen-bond acceptors (Lipinski definition) is 3. The molecule has 0 aliphatic heterocycles. The molecule has 118 valence electrons. The van der Waals surface area contributed by atoms with Gasteiger partial charge in [-0.2, -0.15) is 0 Å². The van der Waals surface area contributed by atoms with Crippen molar-refractivity contribution in [3.8, 4) is 0 Å². The number of hydrogen-bond donors (Lipinski definition) is 0. The van der Waals surface area contributed by atoms with E-state index in [1.165, 1.54) is 11.0 Å². The molecule has 0 saturated heterocycles. The summed E-state index contributed by atoms with van der Waals surface area (Å²) in [6, 6.07) is 18.6. The molecular weight excluding hydrogens is 290 g/mol. The Balaban J connectivity index is 2.17. The minimum Gasteiger partial charge on any atom is -0.465 e. The summed E-state index contributed by atoms with van der Waals surface area (Å²) < 4.78 is 4.95. The standard InChI is InChI=1S/C19H19NO3/c1-2-23-19(22)15-20(17-11-7-4-8-12-17)18(21)14-13-16-9-5-3-6-10-16/h3-14H,2,15H2,1H3. The van der Waals surface area contributed by atoms with Gasteiger partial charge in [0.05, 0.1) is 6.61 Å². The average molecular weight is 309 g/mol. The number of benzene rings is 2. The van der Waals surface area contributed by atoms with Gasteiger partial charge >= 0.3 is 5.97 Å². The highest BCUT2D eigenvalue weighted by Crippen LogP contribution is 2.14. The highest BCUT2D eigenvalue weighted by atomic mass is 16.5. The van der Waals surface area contributed by atoms with E-state index in [1.54, 1.807) is 25.1 Å². The van der Waals surface area contributed by atoms with Crippen LogP contribution >= 0.6 is 0 Å². The van der Waals surface area contributed by atoms with E-state index in [2.05, 4.69) is 0 Å². The number of carbonyl (C=O) groups is 2. The first-order chi connectivity index (χ1) is 11.2. The van der Waals surface area contributed by atoms with Crippen molar-refractivity contribution in [2.45, 2.75) is 6.92 Å². The van der Waals surface area contributed by atoms with E-state index in [9.17, 15) is 9.59 Å². The van der Waals surface area contributed by atoms with Gasteiger partial charge in [0.25, 0.3) is 5.91 Å². The molecule has 0 atom stereocenters. The number of amides is 1. The molecule has 23 heavy (non-hydrogen) atoms. The summed E-state index contributed by atoms with van der Waals surface area (Å²) in [5, 5.41) is 0. The molecule has 4 nitrogen and oxygen atoms in total. The van der Waals surface area contributed by atoms with E-state index in [1.807, 2.05) is 48.5 Å². The molecule has 0 aromatic heterocycles. The van der Waals surface area contributed by atoms with Gasteiger partial charge in [0.1, 0.15) is 6.54 Å². The zero-order chi connectivity index (χ0) is 16.5. The van der Waals surface area contributed by atoms with Crippen LogP contribution < -0.4 is 4.90 Å². The summed E-state index contributed by atoms with van der Waals surface area (Å²) in [6.45, 7) is 1.91. The van der Waals surface area contributed by atoms with Crippen LogP contribution in [0.25, 0.3) is 6.08 Å². The maximum atomic E-state index is 12.5. The van der Waals surface area contributed by atoms with Crippen LogP contribution in [0.15, 0.2) is 66.7 Å². The van der Waals surface area contributed by atoms with E-state index in [-0.39, 0.29) is 19.1 Å². The molecular formula is C19H19NO3. The molecule has 0 spiro atoms. The van der Waals surface area contributed by atoms with Gasteiger partial charge in [-0.25, -0.2) is 0 Å². The molecule has 0 unspecified atom stereocenters. The Bertz CT molecular complexity index is 666. The summed E-state index contributed by atoms with van der Waals surface area (Å²) in [7, 11) is 0. The second kappa shape index (κ2) is 8.54. The quantitative estimate of drug-likeness (QED) is 0.607. The molecule has 4 heteroatoms. The fraction of sp³-hybridized carbons (Fsp3) is 0.158. The number of esters is 1. The highest BCUT2D eigenvalue weighted by molar-refractivity contribution is 6.06. The molecule has 0 aliphatic carbocycles. The summed E-state index contributed by atoms with van der Waals surface area (Å²) in [5.41, 5.74) is 1.58. The maximum absolute atomic E-state index is 12.5. The molecule has 0 radical (unpaired) electrons. The topological polar surface area (TPSA) is 46.6 Å². The number of nitrogens with zero attached hydrogens (tertiary/aromatic N) is 1. The molecule has 0 aliphatic rings. The molecule has 1 amide bonds. The maximum Gasteiger partial charge on any atom is 0.326 e. The van der Waals surface area contributed by atoms with Crippen LogP contribution in [-0.2, 0) is 14.3 Å². The Hall–Kier alpha value is -2.88. The molecule has 0 fully saturated rings. The van der Waals surface area contributed by atoms with Gasteiger partial charge in [0, 0.05) is 11.8 Å². The van der Waals surface area contributed by atoms with Crippen LogP contribution in [0.4, 0.5) is 5.69 Å². The van der Waals surface area contributed by atoms with Gasteiger partial charge in [-0.05, 0) is 30.7 Å². The van der Waals surface area contributed by atoms with Crippen molar-refractivity contribution in [3.63, 3.8) is 0 Å². The minimum atomic E-state index is -0.433. The monoisotopic (exact) mass is 309 g/mol. The van der Waals surface area contributed by atoms with Crippen LogP contribution in [-0.4, -0.2) is 25.0 Å². The Labute approximate surface area is 136 Å². The van der Waals surface area contributed by atoms with Crippen LogP contribution in [0.5, 0.6) is 0 Å². The number of ether oxygens (including phenoxy) is 1. The van der Waals surface area contributed by atoms with Gasteiger partial charge < -0.3 is 4.74 Å². The first-order valence-corrected chi connectivity index (χ1v) is 7.46. The van der Waals surface area contributed by atoms with Crippen molar-refractivity contribution < 1.29 is 14.3 Å². The van der Waals surface area contributed by atoms with E-state index >= 15 is 0 Å². The van der Waals surface area contributed by atoms with Crippen molar-refractivity contribution in [2.75, 3.05) is 18.1 Å². The van der Waals surface area contributed by atoms with Crippen molar-refractivity contribution in [2.24, 2.45) is 0 Å². The van der Waals surface area contributed by atoms with E-state index in [0.717, 1.165) is 5.56 Å². The lowest BCUT2D eigenvalue weighted by Crippen LogP contribution is -2.35. The minimum absolute atomic E-state index is 0.115. The molecule has 2 rings (SSSR count). The third-order valence-corrected chi connectivity index (χ3v) is 3.14. The predicted octanol–water partition coefficient (Wildman–Crippen LogP) is 3.30. The Kier molecular flexibility index (Phi) is 6.12. The molecule has 0 N–H and O–H groups in total. The lowest BCUT2D eigenvalue weighted by molar-refractivity contribution is -0.142. The van der Waals surface area contributed by atoms with Crippen molar-refractivity contribution in [1.82, 2.24) is 0 Å². The second-order valence-electron chi connectivity index (χ2n) is 4.81. The van der Waals surface area contributed by atoms with E-state index < -0.39 is 5.97 Å². The zero-order valence-corrected chi connectivity index (χ0v) is 13.0. The highest BCUT2D eigenvalue weighted by Gasteiger charge is 2.17. The fourth-order valence-corrected chi connectivity index (χ4v) is 2.06. The Morgan fingerprint density at radius 1 is 1.00 bits per heavy atom. The lowest BCUT2D eigenvalue weighted by atomic mass is 10.2. The SMILES string of the molecule is CCOC(=O)CN(C(=O)C=Cc1ccccc1)c1ccccc1. The molecule has 0 heterocycles. The number of anilines is 1. The van der Waals surface area contributed by atoms with Crippen LogP contribution in [0.1, 0.15) is 12.5 Å². The fourth-order valence-electron chi connectivity index (χ4n) is 2.06. The summed E-state index contributed by atoms with van der Waals surface area (Å²) in [6.07, 6.45) is 3.19.